The van der Waals surface area contributed by atoms with Gasteiger partial charge in [-0.05, 0) is 12.8 Å². The van der Waals surface area contributed by atoms with E-state index >= 15 is 0 Å². The Hall–Kier alpha value is -1.74. The summed E-state index contributed by atoms with van der Waals surface area (Å²) >= 11 is 1.78. The van der Waals surface area contributed by atoms with Crippen LogP contribution in [0.4, 0.5) is 4.79 Å². The molecule has 2 fully saturated rings. The zero-order valence-corrected chi connectivity index (χ0v) is 15.7. The number of aromatic nitrogens is 2. The number of rotatable bonds is 4. The van der Waals surface area contributed by atoms with Crippen molar-refractivity contribution in [1.82, 2.24) is 24.7 Å². The molecule has 0 radical (unpaired) electrons. The molecule has 0 aromatic carbocycles. The number of hydrogen-bond donors (Lipinski definition) is 1. The summed E-state index contributed by atoms with van der Waals surface area (Å²) in [5.74, 6) is 1.18. The van der Waals surface area contributed by atoms with Gasteiger partial charge in [0.15, 0.2) is 5.16 Å². The van der Waals surface area contributed by atoms with E-state index in [0.29, 0.717) is 39.3 Å². The van der Waals surface area contributed by atoms with Crippen LogP contribution in [0.15, 0.2) is 11.4 Å². The topological polar surface area (TPSA) is 79.7 Å². The molecule has 3 aliphatic heterocycles. The molecule has 4 rings (SSSR count). The molecular weight excluding hydrogens is 354 g/mol. The van der Waals surface area contributed by atoms with Crippen LogP contribution in [-0.2, 0) is 22.5 Å². The second kappa shape index (κ2) is 7.87. The van der Waals surface area contributed by atoms with Gasteiger partial charge in [0.25, 0.3) is 5.91 Å². The minimum atomic E-state index is -0.273. The number of urea groups is 1. The highest BCUT2D eigenvalue weighted by atomic mass is 32.2. The van der Waals surface area contributed by atoms with E-state index in [2.05, 4.69) is 21.1 Å². The Morgan fingerprint density at radius 1 is 1.23 bits per heavy atom. The Kier molecular flexibility index (Phi) is 5.35. The van der Waals surface area contributed by atoms with E-state index in [1.165, 1.54) is 0 Å². The maximum Gasteiger partial charge on any atom is 0.317 e. The third-order valence-corrected chi connectivity index (χ3v) is 6.06. The summed E-state index contributed by atoms with van der Waals surface area (Å²) in [6, 6.07) is -0.0599. The fourth-order valence-corrected chi connectivity index (χ4v) is 4.56. The summed E-state index contributed by atoms with van der Waals surface area (Å²) in [6.07, 6.45) is 4.32. The van der Waals surface area contributed by atoms with Crippen molar-refractivity contribution in [2.24, 2.45) is 0 Å². The summed E-state index contributed by atoms with van der Waals surface area (Å²) in [5, 5.41) is 4.05. The van der Waals surface area contributed by atoms with Crippen molar-refractivity contribution in [1.29, 1.82) is 0 Å². The monoisotopic (exact) mass is 379 g/mol. The third kappa shape index (κ3) is 3.83. The molecule has 0 bridgehead atoms. The fourth-order valence-electron chi connectivity index (χ4n) is 3.60. The van der Waals surface area contributed by atoms with E-state index < -0.39 is 0 Å². The maximum absolute atomic E-state index is 12.3. The third-order valence-electron chi connectivity index (χ3n) is 5.09. The molecule has 3 aliphatic rings. The van der Waals surface area contributed by atoms with Crippen molar-refractivity contribution in [3.05, 3.63) is 11.9 Å². The zero-order valence-electron chi connectivity index (χ0n) is 14.9. The summed E-state index contributed by atoms with van der Waals surface area (Å²) in [6.45, 7) is 4.58. The molecule has 1 aromatic heterocycles. The van der Waals surface area contributed by atoms with Gasteiger partial charge in [-0.25, -0.2) is 9.78 Å². The van der Waals surface area contributed by atoms with E-state index in [1.807, 2.05) is 4.90 Å². The minimum absolute atomic E-state index is 0.0599. The van der Waals surface area contributed by atoms with E-state index in [4.69, 9.17) is 4.74 Å². The molecular formula is C17H25N5O3S. The number of nitrogens with one attached hydrogen (secondary N) is 1. The average Bonchev–Trinajstić information content (AvgIpc) is 3.38. The largest absolute Gasteiger partial charge is 0.368 e. The normalized spacial score (nSPS) is 22.5. The number of hydrogen-bond acceptors (Lipinski definition) is 5. The fraction of sp³-hybridized carbons (Fsp3) is 0.706. The molecule has 2 saturated heterocycles. The first-order valence-corrected chi connectivity index (χ1v) is 10.3. The van der Waals surface area contributed by atoms with Gasteiger partial charge in [0.05, 0.1) is 5.69 Å². The standard InChI is InChI=1S/C17H25N5O3S/c23-15(14-2-1-10-25-14)20-5-7-21(8-6-20)16(24)18-4-3-13-12-22-9-11-26-17(22)19-13/h12,14H,1-11H2,(H,18,24). The van der Waals surface area contributed by atoms with Gasteiger partial charge in [-0.1, -0.05) is 11.8 Å². The average molecular weight is 379 g/mol. The van der Waals surface area contributed by atoms with Gasteiger partial charge in [0, 0.05) is 64.2 Å². The SMILES string of the molecule is O=C(NCCc1cn2c(n1)SCC2)N1CCN(C(=O)C2CCCO2)CC1. The van der Waals surface area contributed by atoms with Crippen LogP contribution in [-0.4, -0.2) is 82.5 Å². The molecule has 26 heavy (non-hydrogen) atoms. The molecule has 142 valence electrons. The van der Waals surface area contributed by atoms with Crippen molar-refractivity contribution >= 4 is 23.7 Å². The van der Waals surface area contributed by atoms with Crippen LogP contribution >= 0.6 is 11.8 Å². The van der Waals surface area contributed by atoms with Crippen molar-refractivity contribution in [2.75, 3.05) is 45.1 Å². The highest BCUT2D eigenvalue weighted by Crippen LogP contribution is 2.24. The molecule has 1 N–H and O–H groups in total. The van der Waals surface area contributed by atoms with E-state index in [-0.39, 0.29) is 18.0 Å². The van der Waals surface area contributed by atoms with Crippen LogP contribution in [0.25, 0.3) is 0 Å². The molecule has 1 aromatic rings. The Balaban J connectivity index is 1.18. The maximum atomic E-state index is 12.3. The molecule has 0 spiro atoms. The van der Waals surface area contributed by atoms with Gasteiger partial charge in [-0.2, -0.15) is 0 Å². The summed E-state index contributed by atoms with van der Waals surface area (Å²) in [5.41, 5.74) is 1.03. The first kappa shape index (κ1) is 17.7. The number of fused-ring (bicyclic) bond motifs is 1. The number of amides is 3. The zero-order chi connectivity index (χ0) is 17.9. The van der Waals surface area contributed by atoms with Crippen molar-refractivity contribution < 1.29 is 14.3 Å². The van der Waals surface area contributed by atoms with Gasteiger partial charge in [-0.3, -0.25) is 4.79 Å². The molecule has 4 heterocycles. The van der Waals surface area contributed by atoms with E-state index in [1.54, 1.807) is 16.7 Å². The van der Waals surface area contributed by atoms with E-state index in [9.17, 15) is 9.59 Å². The predicted octanol–water partition coefficient (Wildman–Crippen LogP) is 0.564. The molecule has 1 atom stereocenters. The predicted molar refractivity (Wildman–Crippen MR) is 97.2 cm³/mol. The Bertz CT molecular complexity index is 644. The van der Waals surface area contributed by atoms with Gasteiger partial charge in [0.2, 0.25) is 0 Å². The first-order chi connectivity index (χ1) is 12.7. The molecule has 0 saturated carbocycles. The van der Waals surface area contributed by atoms with Crippen molar-refractivity contribution in [3.63, 3.8) is 0 Å². The Morgan fingerprint density at radius 2 is 2.04 bits per heavy atom. The Morgan fingerprint density at radius 3 is 2.77 bits per heavy atom. The van der Waals surface area contributed by atoms with Crippen LogP contribution in [0.5, 0.6) is 0 Å². The van der Waals surface area contributed by atoms with Gasteiger partial charge >= 0.3 is 6.03 Å². The number of carbonyl (C=O) groups is 2. The van der Waals surface area contributed by atoms with Crippen LogP contribution < -0.4 is 5.32 Å². The smallest absolute Gasteiger partial charge is 0.317 e. The molecule has 3 amide bonds. The number of carbonyl (C=O) groups excluding carboxylic acids is 2. The minimum Gasteiger partial charge on any atom is -0.368 e. The lowest BCUT2D eigenvalue weighted by molar-refractivity contribution is -0.142. The number of thioether (sulfide) groups is 1. The number of ether oxygens (including phenoxy) is 1. The second-order valence-electron chi connectivity index (χ2n) is 6.85. The van der Waals surface area contributed by atoms with Gasteiger partial charge in [0.1, 0.15) is 6.10 Å². The number of piperazine rings is 1. The number of imidazole rings is 1. The summed E-state index contributed by atoms with van der Waals surface area (Å²) < 4.78 is 7.64. The number of nitrogens with zero attached hydrogens (tertiary/aromatic N) is 4. The molecule has 0 aliphatic carbocycles. The van der Waals surface area contributed by atoms with Crippen molar-refractivity contribution in [3.8, 4) is 0 Å². The van der Waals surface area contributed by atoms with Crippen LogP contribution in [0, 0.1) is 0 Å². The molecule has 1 unspecified atom stereocenters. The second-order valence-corrected chi connectivity index (χ2v) is 7.91. The van der Waals surface area contributed by atoms with Crippen molar-refractivity contribution in [2.45, 2.75) is 37.1 Å². The summed E-state index contributed by atoms with van der Waals surface area (Å²) in [4.78, 5) is 32.8. The van der Waals surface area contributed by atoms with E-state index in [0.717, 1.165) is 42.4 Å². The lowest BCUT2D eigenvalue weighted by Gasteiger charge is -2.35. The highest BCUT2D eigenvalue weighted by Gasteiger charge is 2.31. The van der Waals surface area contributed by atoms with Crippen LogP contribution in [0.3, 0.4) is 0 Å². The quantitative estimate of drug-likeness (QED) is 0.827. The van der Waals surface area contributed by atoms with Crippen LogP contribution in [0.1, 0.15) is 18.5 Å². The number of aryl methyl sites for hydroxylation is 1. The lowest BCUT2D eigenvalue weighted by Crippen LogP contribution is -2.55. The first-order valence-electron chi connectivity index (χ1n) is 9.33. The van der Waals surface area contributed by atoms with Gasteiger partial charge in [-0.15, -0.1) is 0 Å². The van der Waals surface area contributed by atoms with Gasteiger partial charge < -0.3 is 24.4 Å². The molecule has 8 nitrogen and oxygen atoms in total. The highest BCUT2D eigenvalue weighted by molar-refractivity contribution is 7.99. The summed E-state index contributed by atoms with van der Waals surface area (Å²) in [7, 11) is 0. The molecule has 9 heteroatoms. The Labute approximate surface area is 157 Å². The lowest BCUT2D eigenvalue weighted by atomic mass is 10.2. The van der Waals surface area contributed by atoms with Crippen LogP contribution in [0.2, 0.25) is 0 Å².